The van der Waals surface area contributed by atoms with E-state index >= 15 is 0 Å². The average molecular weight is 504 g/mol. The molecule has 1 saturated heterocycles. The first kappa shape index (κ1) is 26.6. The fourth-order valence-electron chi connectivity index (χ4n) is 4.07. The fraction of sp³-hybridized carbons (Fsp3) is 0.600. The Balaban J connectivity index is 0.00000363. The summed E-state index contributed by atoms with van der Waals surface area (Å²) in [4.78, 5) is 17.4. The van der Waals surface area contributed by atoms with Crippen LogP contribution in [0.5, 0.6) is 0 Å². The predicted octanol–water partition coefficient (Wildman–Crippen LogP) is 6.04. The maximum atomic E-state index is 13.8. The van der Waals surface area contributed by atoms with Crippen LogP contribution in [-0.4, -0.2) is 34.8 Å². The van der Waals surface area contributed by atoms with Crippen LogP contribution in [0.25, 0.3) is 0 Å². The number of amides is 1. The summed E-state index contributed by atoms with van der Waals surface area (Å²) in [6.45, 7) is 0. The molecule has 1 amide bonds. The number of aliphatic imine (C=N–C) groups is 1. The molecule has 32 heavy (non-hydrogen) atoms. The normalized spacial score (nSPS) is 22.0. The van der Waals surface area contributed by atoms with Gasteiger partial charge in [-0.15, -0.1) is 12.4 Å². The number of nitrogens with two attached hydrogens (primary N) is 1. The number of amidine groups is 1. The Bertz CT molecular complexity index is 831. The van der Waals surface area contributed by atoms with Crippen LogP contribution in [0, 0.1) is 0 Å². The second-order valence-electron chi connectivity index (χ2n) is 7.84. The highest BCUT2D eigenvalue weighted by Crippen LogP contribution is 2.47. The number of hydrogen-bond donors (Lipinski definition) is 1. The van der Waals surface area contributed by atoms with Gasteiger partial charge in [0.1, 0.15) is 0 Å². The number of rotatable bonds is 3. The lowest BCUT2D eigenvalue weighted by Crippen LogP contribution is -2.30. The van der Waals surface area contributed by atoms with E-state index in [-0.39, 0.29) is 24.2 Å². The highest BCUT2D eigenvalue weighted by molar-refractivity contribution is 8.14. The lowest BCUT2D eigenvalue weighted by atomic mass is 9.91. The number of thioether (sulfide) groups is 1. The largest absolute Gasteiger partial charge is 0.416 e. The van der Waals surface area contributed by atoms with E-state index in [1.54, 1.807) is 0 Å². The van der Waals surface area contributed by atoms with Gasteiger partial charge in [0.25, 0.3) is 0 Å². The number of carbonyl (C=O) groups excluding carboxylic acids is 1. The molecule has 2 fully saturated rings. The lowest BCUT2D eigenvalue weighted by Gasteiger charge is -2.28. The molecular weight excluding hydrogens is 480 g/mol. The third kappa shape index (κ3) is 5.84. The number of nitrogens with zero attached hydrogens (tertiary/aromatic N) is 2. The molecule has 1 aromatic rings. The Kier molecular flexibility index (Phi) is 8.41. The van der Waals surface area contributed by atoms with E-state index in [2.05, 4.69) is 4.99 Å². The van der Waals surface area contributed by atoms with Gasteiger partial charge >= 0.3 is 12.4 Å². The maximum Gasteiger partial charge on any atom is 0.416 e. The van der Waals surface area contributed by atoms with Crippen molar-refractivity contribution in [1.82, 2.24) is 4.90 Å². The van der Waals surface area contributed by atoms with Crippen LogP contribution < -0.4 is 5.73 Å². The Labute approximate surface area is 192 Å². The molecule has 180 valence electrons. The summed E-state index contributed by atoms with van der Waals surface area (Å²) >= 11 is 1.15. The molecule has 1 atom stereocenters. The van der Waals surface area contributed by atoms with Gasteiger partial charge in [-0.25, -0.2) is 0 Å². The van der Waals surface area contributed by atoms with Crippen molar-refractivity contribution in [2.45, 2.75) is 63.0 Å². The number of carbonyl (C=O) groups is 1. The molecule has 0 aromatic heterocycles. The second-order valence-corrected chi connectivity index (χ2v) is 8.83. The number of primary amides is 1. The Hall–Kier alpha value is -1.62. The van der Waals surface area contributed by atoms with E-state index in [1.807, 2.05) is 0 Å². The minimum atomic E-state index is -5.09. The van der Waals surface area contributed by atoms with E-state index in [4.69, 9.17) is 5.73 Å². The standard InChI is InChI=1S/C20H23F6N3OS.ClH/c1-29-15(10-31-18(29)28-12-6-4-2-3-5-7-12)16-13(19(21,22)23)8-11(17(27)30)9-14(16)20(24,25)26;/h8-9,12,15H,2-7,10H2,1H3,(H2,27,30);1H. The number of benzene rings is 1. The van der Waals surface area contributed by atoms with Crippen molar-refractivity contribution in [2.24, 2.45) is 10.7 Å². The highest BCUT2D eigenvalue weighted by Gasteiger charge is 2.46. The van der Waals surface area contributed by atoms with Crippen molar-refractivity contribution in [2.75, 3.05) is 12.8 Å². The van der Waals surface area contributed by atoms with Gasteiger partial charge in [-0.2, -0.15) is 26.3 Å². The molecular formula is C20H24ClF6N3OS. The average Bonchev–Trinajstić information content (AvgIpc) is 2.85. The summed E-state index contributed by atoms with van der Waals surface area (Å²) in [7, 11) is 1.46. The summed E-state index contributed by atoms with van der Waals surface area (Å²) in [5.41, 5.74) is 0.282. The van der Waals surface area contributed by atoms with E-state index in [0.29, 0.717) is 17.3 Å². The first-order valence-electron chi connectivity index (χ1n) is 9.95. The Morgan fingerprint density at radius 2 is 1.53 bits per heavy atom. The topological polar surface area (TPSA) is 58.7 Å². The van der Waals surface area contributed by atoms with Crippen LogP contribution >= 0.6 is 24.2 Å². The Morgan fingerprint density at radius 3 is 1.97 bits per heavy atom. The molecule has 1 heterocycles. The van der Waals surface area contributed by atoms with Crippen molar-refractivity contribution in [1.29, 1.82) is 0 Å². The predicted molar refractivity (Wildman–Crippen MR) is 114 cm³/mol. The highest BCUT2D eigenvalue weighted by atomic mass is 35.5. The zero-order valence-corrected chi connectivity index (χ0v) is 18.9. The van der Waals surface area contributed by atoms with Crippen molar-refractivity contribution in [3.63, 3.8) is 0 Å². The van der Waals surface area contributed by atoms with Gasteiger partial charge < -0.3 is 10.6 Å². The van der Waals surface area contributed by atoms with Crippen LogP contribution in [0.3, 0.4) is 0 Å². The van der Waals surface area contributed by atoms with Gasteiger partial charge in [0.2, 0.25) is 5.91 Å². The van der Waals surface area contributed by atoms with Crippen LogP contribution in [0.2, 0.25) is 0 Å². The van der Waals surface area contributed by atoms with Gasteiger partial charge in [-0.1, -0.05) is 37.4 Å². The van der Waals surface area contributed by atoms with Gasteiger partial charge in [0.15, 0.2) is 5.17 Å². The molecule has 0 radical (unpaired) electrons. The lowest BCUT2D eigenvalue weighted by molar-refractivity contribution is -0.145. The van der Waals surface area contributed by atoms with Crippen LogP contribution in [0.15, 0.2) is 17.1 Å². The van der Waals surface area contributed by atoms with E-state index in [9.17, 15) is 31.1 Å². The quantitative estimate of drug-likeness (QED) is 0.404. The fourth-order valence-corrected chi connectivity index (χ4v) is 5.32. The number of alkyl halides is 6. The van der Waals surface area contributed by atoms with Crippen molar-refractivity contribution in [3.05, 3.63) is 34.4 Å². The molecule has 1 unspecified atom stereocenters. The molecule has 1 aliphatic heterocycles. The molecule has 1 aromatic carbocycles. The molecule has 12 heteroatoms. The second kappa shape index (κ2) is 10.1. The van der Waals surface area contributed by atoms with Crippen LogP contribution in [-0.2, 0) is 12.4 Å². The van der Waals surface area contributed by atoms with Crippen LogP contribution in [0.1, 0.15) is 71.6 Å². The van der Waals surface area contributed by atoms with Crippen molar-refractivity contribution >= 4 is 35.2 Å². The monoisotopic (exact) mass is 503 g/mol. The third-order valence-electron chi connectivity index (χ3n) is 5.67. The maximum absolute atomic E-state index is 13.8. The molecule has 1 aliphatic carbocycles. The summed E-state index contributed by atoms with van der Waals surface area (Å²) in [6, 6.07) is -0.352. The first-order chi connectivity index (χ1) is 14.4. The van der Waals surface area contributed by atoms with Gasteiger partial charge in [0.05, 0.1) is 23.2 Å². The van der Waals surface area contributed by atoms with Crippen LogP contribution in [0.4, 0.5) is 26.3 Å². The number of hydrogen-bond acceptors (Lipinski definition) is 3. The van der Waals surface area contributed by atoms with E-state index in [0.717, 1.165) is 50.3 Å². The summed E-state index contributed by atoms with van der Waals surface area (Å²) in [6.07, 6.45) is -4.25. The molecule has 3 rings (SSSR count). The zero-order valence-electron chi connectivity index (χ0n) is 17.2. The van der Waals surface area contributed by atoms with Gasteiger partial charge in [-0.3, -0.25) is 9.79 Å². The van der Waals surface area contributed by atoms with Crippen molar-refractivity contribution in [3.8, 4) is 0 Å². The summed E-state index contributed by atoms with van der Waals surface area (Å²) in [5.74, 6) is -1.36. The molecule has 0 spiro atoms. The molecule has 0 bridgehead atoms. The van der Waals surface area contributed by atoms with Gasteiger partial charge in [0, 0.05) is 18.4 Å². The summed E-state index contributed by atoms with van der Waals surface area (Å²) < 4.78 is 82.7. The van der Waals surface area contributed by atoms with E-state index in [1.165, 1.54) is 11.9 Å². The summed E-state index contributed by atoms with van der Waals surface area (Å²) in [5, 5.41) is 0.442. The molecule has 4 nitrogen and oxygen atoms in total. The minimum Gasteiger partial charge on any atom is -0.366 e. The minimum absolute atomic E-state index is 0. The molecule has 2 aliphatic rings. The van der Waals surface area contributed by atoms with Gasteiger partial charge in [-0.05, 0) is 30.5 Å². The van der Waals surface area contributed by atoms with E-state index < -0.39 is 46.6 Å². The zero-order chi connectivity index (χ0) is 23.0. The first-order valence-corrected chi connectivity index (χ1v) is 10.9. The SMILES string of the molecule is CN1C(=NC2CCCCCC2)SCC1c1c(C(F)(F)F)cc(C(N)=O)cc1C(F)(F)F.Cl. The van der Waals surface area contributed by atoms with Crippen molar-refractivity contribution < 1.29 is 31.1 Å². The smallest absolute Gasteiger partial charge is 0.366 e. The third-order valence-corrected chi connectivity index (χ3v) is 6.80. The molecule has 1 saturated carbocycles. The molecule has 2 N–H and O–H groups in total. The number of halogens is 7. The Morgan fingerprint density at radius 1 is 1.03 bits per heavy atom.